The topological polar surface area (TPSA) is 63.6 Å². The lowest BCUT2D eigenvalue weighted by Crippen LogP contribution is -2.51. The maximum atomic E-state index is 13.0. The Labute approximate surface area is 149 Å². The minimum absolute atomic E-state index is 0.00370. The molecule has 1 aliphatic carbocycles. The molecular weight excluding hydrogens is 318 g/mol. The van der Waals surface area contributed by atoms with E-state index in [1.807, 2.05) is 29.8 Å². The van der Waals surface area contributed by atoms with Crippen LogP contribution in [0.15, 0.2) is 18.3 Å². The molecule has 138 valence electrons. The Bertz CT molecular complexity index is 592. The SMILES string of the molecule is CCOCCCN1C(=O)Cn2cccc2C1C(=O)NC1CCCCC1. The number of hydrogen-bond acceptors (Lipinski definition) is 3. The number of carbonyl (C=O) groups excluding carboxylic acids is 2. The average Bonchev–Trinajstić information content (AvgIpc) is 3.07. The predicted molar refractivity (Wildman–Crippen MR) is 95.0 cm³/mol. The zero-order valence-electron chi connectivity index (χ0n) is 15.1. The van der Waals surface area contributed by atoms with Crippen LogP contribution in [0, 0.1) is 0 Å². The van der Waals surface area contributed by atoms with Crippen LogP contribution in [0.2, 0.25) is 0 Å². The Hall–Kier alpha value is -1.82. The second kappa shape index (κ2) is 8.52. The summed E-state index contributed by atoms with van der Waals surface area (Å²) >= 11 is 0. The van der Waals surface area contributed by atoms with Gasteiger partial charge in [-0.15, -0.1) is 0 Å². The van der Waals surface area contributed by atoms with Crippen molar-refractivity contribution in [3.8, 4) is 0 Å². The molecule has 0 spiro atoms. The van der Waals surface area contributed by atoms with Gasteiger partial charge in [0.25, 0.3) is 0 Å². The van der Waals surface area contributed by atoms with Gasteiger partial charge in [-0.25, -0.2) is 0 Å². The van der Waals surface area contributed by atoms with Crippen LogP contribution in [-0.2, 0) is 20.9 Å². The van der Waals surface area contributed by atoms with Gasteiger partial charge in [0.1, 0.15) is 6.54 Å². The average molecular weight is 347 g/mol. The van der Waals surface area contributed by atoms with Gasteiger partial charge in [0.05, 0.1) is 5.69 Å². The van der Waals surface area contributed by atoms with E-state index in [9.17, 15) is 9.59 Å². The fraction of sp³-hybridized carbons (Fsp3) is 0.684. The largest absolute Gasteiger partial charge is 0.382 e. The second-order valence-corrected chi connectivity index (χ2v) is 6.94. The molecule has 0 radical (unpaired) electrons. The van der Waals surface area contributed by atoms with E-state index in [0.717, 1.165) is 25.0 Å². The van der Waals surface area contributed by atoms with E-state index in [4.69, 9.17) is 4.74 Å². The Kier molecular flexibility index (Phi) is 6.13. The van der Waals surface area contributed by atoms with Crippen molar-refractivity contribution >= 4 is 11.8 Å². The van der Waals surface area contributed by atoms with Crippen molar-refractivity contribution in [2.24, 2.45) is 0 Å². The fourth-order valence-electron chi connectivity index (χ4n) is 3.90. The normalized spacial score (nSPS) is 21.2. The van der Waals surface area contributed by atoms with Gasteiger partial charge < -0.3 is 19.5 Å². The van der Waals surface area contributed by atoms with Gasteiger partial charge in [-0.1, -0.05) is 19.3 Å². The van der Waals surface area contributed by atoms with Gasteiger partial charge in [-0.3, -0.25) is 9.59 Å². The van der Waals surface area contributed by atoms with E-state index in [2.05, 4.69) is 5.32 Å². The number of rotatable bonds is 7. The molecule has 0 aromatic carbocycles. The standard InChI is InChI=1S/C19H29N3O3/c1-2-25-13-7-12-22-17(23)14-21-11-6-10-16(21)18(22)19(24)20-15-8-4-3-5-9-15/h6,10-11,15,18H,2-5,7-9,12-14H2,1H3,(H,20,24). The molecular formula is C19H29N3O3. The second-order valence-electron chi connectivity index (χ2n) is 6.94. The predicted octanol–water partition coefficient (Wildman–Crippen LogP) is 2.25. The van der Waals surface area contributed by atoms with Crippen LogP contribution >= 0.6 is 0 Å². The Balaban J connectivity index is 1.72. The van der Waals surface area contributed by atoms with Crippen molar-refractivity contribution in [2.45, 2.75) is 64.1 Å². The minimum atomic E-state index is -0.528. The molecule has 0 bridgehead atoms. The first-order valence-electron chi connectivity index (χ1n) is 9.53. The first-order valence-corrected chi connectivity index (χ1v) is 9.53. The monoisotopic (exact) mass is 347 g/mol. The lowest BCUT2D eigenvalue weighted by atomic mass is 9.95. The number of carbonyl (C=O) groups is 2. The number of fused-ring (bicyclic) bond motifs is 1. The van der Waals surface area contributed by atoms with Crippen LogP contribution in [0.1, 0.15) is 57.2 Å². The number of ether oxygens (including phenoxy) is 1. The molecule has 1 N–H and O–H groups in total. The zero-order valence-corrected chi connectivity index (χ0v) is 15.1. The first-order chi connectivity index (χ1) is 12.2. The molecule has 2 amide bonds. The molecule has 2 aliphatic rings. The summed E-state index contributed by atoms with van der Waals surface area (Å²) in [6.45, 7) is 4.09. The third kappa shape index (κ3) is 4.24. The highest BCUT2D eigenvalue weighted by atomic mass is 16.5. The molecule has 1 unspecified atom stereocenters. The Morgan fingerprint density at radius 3 is 2.88 bits per heavy atom. The molecule has 25 heavy (non-hydrogen) atoms. The summed E-state index contributed by atoms with van der Waals surface area (Å²) in [5.74, 6) is -0.0414. The van der Waals surface area contributed by atoms with Crippen LogP contribution in [0.5, 0.6) is 0 Å². The van der Waals surface area contributed by atoms with Crippen molar-refractivity contribution in [2.75, 3.05) is 19.8 Å². The quantitative estimate of drug-likeness (QED) is 0.770. The molecule has 1 fully saturated rings. The summed E-state index contributed by atoms with van der Waals surface area (Å²) in [6, 6.07) is 3.58. The van der Waals surface area contributed by atoms with E-state index >= 15 is 0 Å². The zero-order chi connectivity index (χ0) is 17.6. The number of aromatic nitrogens is 1. The van der Waals surface area contributed by atoms with E-state index in [0.29, 0.717) is 26.3 Å². The van der Waals surface area contributed by atoms with E-state index in [-0.39, 0.29) is 17.9 Å². The minimum Gasteiger partial charge on any atom is -0.382 e. The first kappa shape index (κ1) is 18.0. The molecule has 2 heterocycles. The lowest BCUT2D eigenvalue weighted by molar-refractivity contribution is -0.144. The highest BCUT2D eigenvalue weighted by Gasteiger charge is 2.37. The third-order valence-corrected chi connectivity index (χ3v) is 5.17. The molecule has 1 atom stereocenters. The van der Waals surface area contributed by atoms with Crippen LogP contribution in [0.3, 0.4) is 0 Å². The number of amides is 2. The Morgan fingerprint density at radius 2 is 2.12 bits per heavy atom. The summed E-state index contributed by atoms with van der Waals surface area (Å²) < 4.78 is 7.28. The van der Waals surface area contributed by atoms with Crippen LogP contribution < -0.4 is 5.32 Å². The van der Waals surface area contributed by atoms with Crippen molar-refractivity contribution < 1.29 is 14.3 Å². The molecule has 0 saturated heterocycles. The molecule has 1 aromatic rings. The van der Waals surface area contributed by atoms with Crippen molar-refractivity contribution in [1.82, 2.24) is 14.8 Å². The highest BCUT2D eigenvalue weighted by molar-refractivity contribution is 5.90. The maximum Gasteiger partial charge on any atom is 0.249 e. The van der Waals surface area contributed by atoms with E-state index in [1.54, 1.807) is 4.90 Å². The van der Waals surface area contributed by atoms with Gasteiger partial charge in [-0.05, 0) is 38.3 Å². The summed E-state index contributed by atoms with van der Waals surface area (Å²) in [4.78, 5) is 27.4. The molecule has 1 aromatic heterocycles. The molecule has 1 aliphatic heterocycles. The Morgan fingerprint density at radius 1 is 1.32 bits per heavy atom. The molecule has 3 rings (SSSR count). The van der Waals surface area contributed by atoms with Gasteiger partial charge in [0.15, 0.2) is 6.04 Å². The lowest BCUT2D eigenvalue weighted by Gasteiger charge is -2.37. The third-order valence-electron chi connectivity index (χ3n) is 5.17. The van der Waals surface area contributed by atoms with Gasteiger partial charge in [0.2, 0.25) is 11.8 Å². The van der Waals surface area contributed by atoms with E-state index < -0.39 is 6.04 Å². The van der Waals surface area contributed by atoms with Gasteiger partial charge in [-0.2, -0.15) is 0 Å². The summed E-state index contributed by atoms with van der Waals surface area (Å²) in [5, 5.41) is 3.19. The van der Waals surface area contributed by atoms with Gasteiger partial charge in [0, 0.05) is 32.0 Å². The van der Waals surface area contributed by atoms with Crippen molar-refractivity contribution in [1.29, 1.82) is 0 Å². The molecule has 6 nitrogen and oxygen atoms in total. The maximum absolute atomic E-state index is 13.0. The number of hydrogen-bond donors (Lipinski definition) is 1. The van der Waals surface area contributed by atoms with Gasteiger partial charge >= 0.3 is 0 Å². The highest BCUT2D eigenvalue weighted by Crippen LogP contribution is 2.28. The number of nitrogens with zero attached hydrogens (tertiary/aromatic N) is 2. The van der Waals surface area contributed by atoms with E-state index in [1.165, 1.54) is 19.3 Å². The van der Waals surface area contributed by atoms with Crippen molar-refractivity contribution in [3.05, 3.63) is 24.0 Å². The van der Waals surface area contributed by atoms with Crippen LogP contribution in [0.25, 0.3) is 0 Å². The summed E-state index contributed by atoms with van der Waals surface area (Å²) in [7, 11) is 0. The van der Waals surface area contributed by atoms with Crippen LogP contribution in [-0.4, -0.2) is 47.1 Å². The molecule has 6 heteroatoms. The summed E-state index contributed by atoms with van der Waals surface area (Å²) in [6.07, 6.45) is 8.29. The smallest absolute Gasteiger partial charge is 0.249 e. The molecule has 1 saturated carbocycles. The van der Waals surface area contributed by atoms with Crippen LogP contribution in [0.4, 0.5) is 0 Å². The summed E-state index contributed by atoms with van der Waals surface area (Å²) in [5.41, 5.74) is 0.907. The number of nitrogens with one attached hydrogen (secondary N) is 1. The fourth-order valence-corrected chi connectivity index (χ4v) is 3.90. The van der Waals surface area contributed by atoms with Crippen molar-refractivity contribution in [3.63, 3.8) is 0 Å².